The lowest BCUT2D eigenvalue weighted by Gasteiger charge is -2.18. The molecule has 0 saturated carbocycles. The van der Waals surface area contributed by atoms with Gasteiger partial charge in [-0.1, -0.05) is 30.3 Å². The number of carbonyl (C=O) groups is 1. The number of nitrogens with zero attached hydrogens (tertiary/aromatic N) is 1. The van der Waals surface area contributed by atoms with Gasteiger partial charge in [0.05, 0.1) is 21.5 Å². The minimum atomic E-state index is -4.56. The third-order valence-electron chi connectivity index (χ3n) is 4.76. The van der Waals surface area contributed by atoms with E-state index in [1.807, 2.05) is 0 Å². The number of thiophene rings is 1. The van der Waals surface area contributed by atoms with Crippen molar-refractivity contribution >= 4 is 34.0 Å². The Morgan fingerprint density at radius 3 is 2.50 bits per heavy atom. The summed E-state index contributed by atoms with van der Waals surface area (Å²) in [5, 5.41) is 4.81. The van der Waals surface area contributed by atoms with Gasteiger partial charge in [-0.25, -0.2) is 0 Å². The molecule has 2 aromatic carbocycles. The van der Waals surface area contributed by atoms with E-state index in [1.54, 1.807) is 53.4 Å². The average molecular weight is 428 g/mol. The number of hydrogen-bond donors (Lipinski definition) is 1. The number of anilines is 1. The van der Waals surface area contributed by atoms with Crippen molar-refractivity contribution in [2.45, 2.75) is 6.18 Å². The number of para-hydroxylation sites is 1. The third-order valence-corrected chi connectivity index (χ3v) is 5.63. The molecule has 8 heteroatoms. The molecule has 0 saturated heterocycles. The van der Waals surface area contributed by atoms with Crippen molar-refractivity contribution in [3.8, 4) is 11.1 Å². The Kier molecular flexibility index (Phi) is 4.95. The van der Waals surface area contributed by atoms with Crippen LogP contribution in [0, 0.1) is 0 Å². The highest BCUT2D eigenvalue weighted by molar-refractivity contribution is 7.12. The second kappa shape index (κ2) is 7.46. The summed E-state index contributed by atoms with van der Waals surface area (Å²) < 4.78 is 41.4. The topological polar surface area (TPSA) is 51.1 Å². The van der Waals surface area contributed by atoms with Crippen LogP contribution in [-0.4, -0.2) is 10.5 Å². The second-order valence-electron chi connectivity index (χ2n) is 6.64. The Bertz CT molecular complexity index is 1310. The largest absolute Gasteiger partial charge is 0.416 e. The number of benzene rings is 2. The van der Waals surface area contributed by atoms with E-state index in [0.29, 0.717) is 15.8 Å². The zero-order valence-corrected chi connectivity index (χ0v) is 16.5. The van der Waals surface area contributed by atoms with E-state index < -0.39 is 23.1 Å². The Morgan fingerprint density at radius 2 is 1.80 bits per heavy atom. The summed E-state index contributed by atoms with van der Waals surface area (Å²) in [4.78, 5) is 26.4. The molecule has 1 N–H and O–H groups in total. The van der Waals surface area contributed by atoms with Gasteiger partial charge in [-0.15, -0.1) is 11.3 Å². The first-order chi connectivity index (χ1) is 14.3. The lowest BCUT2D eigenvalue weighted by molar-refractivity contribution is -0.137. The third kappa shape index (κ3) is 3.50. The maximum absolute atomic E-state index is 13.3. The molecule has 4 aromatic rings. The first kappa shape index (κ1) is 19.9. The van der Waals surface area contributed by atoms with Gasteiger partial charge in [-0.2, -0.15) is 13.2 Å². The molecule has 4 rings (SSSR count). The maximum Gasteiger partial charge on any atom is 0.416 e. The number of pyridine rings is 1. The average Bonchev–Trinajstić information content (AvgIpc) is 3.26. The van der Waals surface area contributed by atoms with Gasteiger partial charge in [-0.05, 0) is 41.3 Å². The van der Waals surface area contributed by atoms with Gasteiger partial charge in [0, 0.05) is 12.4 Å². The van der Waals surface area contributed by atoms with Crippen LogP contribution in [0.1, 0.15) is 15.2 Å². The number of carbonyl (C=O) groups excluding carboxylic acids is 1. The fraction of sp³-hybridized carbons (Fsp3) is 0.0909. The van der Waals surface area contributed by atoms with Crippen LogP contribution in [0.3, 0.4) is 0 Å². The summed E-state index contributed by atoms with van der Waals surface area (Å²) in [7, 11) is 1.66. The van der Waals surface area contributed by atoms with Gasteiger partial charge in [0.25, 0.3) is 5.91 Å². The van der Waals surface area contributed by atoms with Gasteiger partial charge in [0.15, 0.2) is 5.43 Å². The maximum atomic E-state index is 13.3. The van der Waals surface area contributed by atoms with E-state index >= 15 is 0 Å². The molecule has 0 radical (unpaired) electrons. The summed E-state index contributed by atoms with van der Waals surface area (Å²) in [5.74, 6) is -0.306. The smallest absolute Gasteiger partial charge is 0.330 e. The Morgan fingerprint density at radius 1 is 1.03 bits per heavy atom. The molecule has 2 aromatic heterocycles. The van der Waals surface area contributed by atoms with Crippen LogP contribution in [0.2, 0.25) is 0 Å². The van der Waals surface area contributed by atoms with Crippen molar-refractivity contribution in [3.05, 3.63) is 86.7 Å². The number of hydrogen-bond acceptors (Lipinski definition) is 3. The molecule has 0 atom stereocenters. The molecule has 0 aliphatic rings. The molecular weight excluding hydrogens is 413 g/mol. The fourth-order valence-corrected chi connectivity index (χ4v) is 3.95. The van der Waals surface area contributed by atoms with Crippen molar-refractivity contribution in [1.29, 1.82) is 0 Å². The Balaban J connectivity index is 1.99. The second-order valence-corrected chi connectivity index (χ2v) is 7.59. The van der Waals surface area contributed by atoms with E-state index in [4.69, 9.17) is 0 Å². The predicted molar refractivity (Wildman–Crippen MR) is 112 cm³/mol. The van der Waals surface area contributed by atoms with Gasteiger partial charge in [-0.3, -0.25) is 9.59 Å². The number of halogens is 3. The minimum absolute atomic E-state index is 0.00667. The SMILES string of the molecule is Cn1c(NC(=O)c2cccs2)c(-c2cccc(C(F)(F)F)c2)c(=O)c2ccccc21. The number of aromatic nitrogens is 1. The van der Waals surface area contributed by atoms with Crippen LogP contribution < -0.4 is 10.7 Å². The standard InChI is InChI=1S/C22H15F3N2O2S/c1-27-16-9-3-2-8-15(16)19(28)18(13-6-4-7-14(12-13)22(23,24)25)20(27)26-21(29)17-10-5-11-30-17/h2-12H,1H3,(H,26,29). The van der Waals surface area contributed by atoms with Gasteiger partial charge in [0.1, 0.15) is 5.82 Å². The highest BCUT2D eigenvalue weighted by Crippen LogP contribution is 2.34. The Hall–Kier alpha value is -3.39. The molecule has 0 spiro atoms. The van der Waals surface area contributed by atoms with E-state index in [0.717, 1.165) is 12.1 Å². The molecule has 1 amide bonds. The molecule has 0 unspecified atom stereocenters. The Labute approximate surface area is 173 Å². The first-order valence-electron chi connectivity index (χ1n) is 8.91. The summed E-state index contributed by atoms with van der Waals surface area (Å²) in [6, 6.07) is 14.6. The number of amides is 1. The van der Waals surface area contributed by atoms with Crippen LogP contribution in [0.5, 0.6) is 0 Å². The van der Waals surface area contributed by atoms with Crippen molar-refractivity contribution in [1.82, 2.24) is 4.57 Å². The van der Waals surface area contributed by atoms with Crippen LogP contribution in [0.4, 0.5) is 19.0 Å². The molecule has 0 aliphatic carbocycles. The lowest BCUT2D eigenvalue weighted by atomic mass is 10.0. The minimum Gasteiger partial charge on any atom is -0.330 e. The van der Waals surface area contributed by atoms with Crippen molar-refractivity contribution in [3.63, 3.8) is 0 Å². The monoisotopic (exact) mass is 428 g/mol. The first-order valence-corrected chi connectivity index (χ1v) is 9.79. The van der Waals surface area contributed by atoms with E-state index in [2.05, 4.69) is 5.32 Å². The summed E-state index contributed by atoms with van der Waals surface area (Å²) in [6.45, 7) is 0. The van der Waals surface area contributed by atoms with E-state index in [1.165, 1.54) is 23.5 Å². The van der Waals surface area contributed by atoms with Gasteiger partial charge >= 0.3 is 6.18 Å². The normalized spacial score (nSPS) is 11.6. The van der Waals surface area contributed by atoms with E-state index in [-0.39, 0.29) is 16.9 Å². The molecule has 0 fully saturated rings. The zero-order valence-electron chi connectivity index (χ0n) is 15.7. The lowest BCUT2D eigenvalue weighted by Crippen LogP contribution is -2.21. The number of alkyl halides is 3. The quantitative estimate of drug-likeness (QED) is 0.466. The molecule has 2 heterocycles. The summed E-state index contributed by atoms with van der Waals surface area (Å²) in [6.07, 6.45) is -4.56. The molecule has 30 heavy (non-hydrogen) atoms. The fourth-order valence-electron chi connectivity index (χ4n) is 3.33. The van der Waals surface area contributed by atoms with E-state index in [9.17, 15) is 22.8 Å². The molecule has 4 nitrogen and oxygen atoms in total. The van der Waals surface area contributed by atoms with Gasteiger partial charge in [0.2, 0.25) is 0 Å². The number of rotatable bonds is 3. The van der Waals surface area contributed by atoms with Crippen LogP contribution in [-0.2, 0) is 13.2 Å². The van der Waals surface area contributed by atoms with Crippen molar-refractivity contribution in [2.75, 3.05) is 5.32 Å². The van der Waals surface area contributed by atoms with Crippen LogP contribution in [0.15, 0.2) is 70.8 Å². The predicted octanol–water partition coefficient (Wildman–Crippen LogP) is 5.54. The van der Waals surface area contributed by atoms with Crippen LogP contribution >= 0.6 is 11.3 Å². The molecule has 152 valence electrons. The zero-order chi connectivity index (χ0) is 21.5. The van der Waals surface area contributed by atoms with Crippen LogP contribution in [0.25, 0.3) is 22.0 Å². The number of nitrogens with one attached hydrogen (secondary N) is 1. The van der Waals surface area contributed by atoms with Gasteiger partial charge < -0.3 is 9.88 Å². The molecular formula is C22H15F3N2O2S. The van der Waals surface area contributed by atoms with Crippen molar-refractivity contribution in [2.24, 2.45) is 7.05 Å². The highest BCUT2D eigenvalue weighted by atomic mass is 32.1. The number of fused-ring (bicyclic) bond motifs is 1. The molecule has 0 bridgehead atoms. The number of aryl methyl sites for hydroxylation is 1. The van der Waals surface area contributed by atoms with Crippen molar-refractivity contribution < 1.29 is 18.0 Å². The molecule has 0 aliphatic heterocycles. The summed E-state index contributed by atoms with van der Waals surface area (Å²) in [5.41, 5.74) is -0.681. The summed E-state index contributed by atoms with van der Waals surface area (Å²) >= 11 is 1.22. The highest BCUT2D eigenvalue weighted by Gasteiger charge is 2.31.